The van der Waals surface area contributed by atoms with Gasteiger partial charge in [0.25, 0.3) is 0 Å². The van der Waals surface area contributed by atoms with Crippen LogP contribution in [0.15, 0.2) is 12.2 Å². The normalized spacial score (nSPS) is 9.25. The summed E-state index contributed by atoms with van der Waals surface area (Å²) in [6, 6.07) is 0. The molecule has 0 aliphatic rings. The van der Waals surface area contributed by atoms with Gasteiger partial charge in [0.05, 0.1) is 0 Å². The molecule has 0 aromatic rings. The van der Waals surface area contributed by atoms with Crippen molar-refractivity contribution in [2.24, 2.45) is 5.73 Å². The molecule has 0 aliphatic carbocycles. The summed E-state index contributed by atoms with van der Waals surface area (Å²) in [5, 5.41) is 8.20. The number of aliphatic hydroxyl groups is 1. The standard InChI is InChI=1S/C5H11NO.ClH/c6-4-2-1-3-5-7;/h1-2,7H,3-6H2;1H/b2-1+;. The maximum atomic E-state index is 8.20. The Labute approximate surface area is 55.8 Å². The highest BCUT2D eigenvalue weighted by atomic mass is 35.5. The number of rotatable bonds is 3. The van der Waals surface area contributed by atoms with Gasteiger partial charge >= 0.3 is 0 Å². The molecule has 0 aromatic carbocycles. The molecule has 0 saturated carbocycles. The Hall–Kier alpha value is -0.0500. The lowest BCUT2D eigenvalue weighted by atomic mass is 10.4. The van der Waals surface area contributed by atoms with E-state index >= 15 is 0 Å². The molecule has 0 aliphatic heterocycles. The van der Waals surface area contributed by atoms with Gasteiger partial charge in [0.1, 0.15) is 0 Å². The molecule has 8 heavy (non-hydrogen) atoms. The summed E-state index contributed by atoms with van der Waals surface area (Å²) in [5.74, 6) is 0. The largest absolute Gasteiger partial charge is 0.396 e. The average molecular weight is 138 g/mol. The van der Waals surface area contributed by atoms with Gasteiger partial charge in [-0.3, -0.25) is 0 Å². The molecule has 0 unspecified atom stereocenters. The van der Waals surface area contributed by atoms with E-state index in [0.717, 1.165) is 6.42 Å². The Bertz CT molecular complexity index is 56.4. The van der Waals surface area contributed by atoms with Gasteiger partial charge in [-0.25, -0.2) is 0 Å². The van der Waals surface area contributed by atoms with Crippen LogP contribution in [0.2, 0.25) is 0 Å². The molecule has 3 heteroatoms. The van der Waals surface area contributed by atoms with Crippen molar-refractivity contribution in [2.75, 3.05) is 13.2 Å². The fraction of sp³-hybridized carbons (Fsp3) is 0.600. The van der Waals surface area contributed by atoms with Crippen LogP contribution in [0.1, 0.15) is 6.42 Å². The van der Waals surface area contributed by atoms with E-state index in [2.05, 4.69) is 0 Å². The van der Waals surface area contributed by atoms with Crippen LogP contribution >= 0.6 is 12.4 Å². The summed E-state index contributed by atoms with van der Waals surface area (Å²) >= 11 is 0. The van der Waals surface area contributed by atoms with Gasteiger partial charge in [0.15, 0.2) is 0 Å². The Balaban J connectivity index is 0. The Kier molecular flexibility index (Phi) is 13.6. The average Bonchev–Trinajstić information content (AvgIpc) is 1.69. The zero-order valence-corrected chi connectivity index (χ0v) is 5.53. The lowest BCUT2D eigenvalue weighted by Crippen LogP contribution is -1.92. The van der Waals surface area contributed by atoms with Crippen molar-refractivity contribution < 1.29 is 5.11 Å². The van der Waals surface area contributed by atoms with E-state index in [4.69, 9.17) is 10.8 Å². The van der Waals surface area contributed by atoms with E-state index in [1.165, 1.54) is 0 Å². The second-order valence-electron chi connectivity index (χ2n) is 1.22. The van der Waals surface area contributed by atoms with E-state index < -0.39 is 0 Å². The molecule has 0 rings (SSSR count). The summed E-state index contributed by atoms with van der Waals surface area (Å²) in [6.07, 6.45) is 4.41. The first-order valence-corrected chi connectivity index (χ1v) is 2.37. The van der Waals surface area contributed by atoms with Gasteiger partial charge in [-0.1, -0.05) is 12.2 Å². The summed E-state index contributed by atoms with van der Waals surface area (Å²) < 4.78 is 0. The predicted octanol–water partition coefficient (Wildman–Crippen LogP) is 0.305. The molecule has 0 aromatic heterocycles. The van der Waals surface area contributed by atoms with Gasteiger partial charge in [0.2, 0.25) is 0 Å². The number of aliphatic hydroxyl groups excluding tert-OH is 1. The summed E-state index contributed by atoms with van der Waals surface area (Å²) in [5.41, 5.74) is 5.10. The lowest BCUT2D eigenvalue weighted by Gasteiger charge is -1.80. The quantitative estimate of drug-likeness (QED) is 0.550. The predicted molar refractivity (Wildman–Crippen MR) is 37.1 cm³/mol. The molecule has 0 atom stereocenters. The van der Waals surface area contributed by atoms with Crippen molar-refractivity contribution in [3.05, 3.63) is 12.2 Å². The molecule has 0 fully saturated rings. The van der Waals surface area contributed by atoms with E-state index in [0.29, 0.717) is 6.54 Å². The highest BCUT2D eigenvalue weighted by molar-refractivity contribution is 5.85. The van der Waals surface area contributed by atoms with E-state index in [1.54, 1.807) is 0 Å². The molecular weight excluding hydrogens is 126 g/mol. The first-order chi connectivity index (χ1) is 3.41. The zero-order chi connectivity index (χ0) is 5.54. The van der Waals surface area contributed by atoms with E-state index in [-0.39, 0.29) is 19.0 Å². The molecular formula is C5H12ClNO. The van der Waals surface area contributed by atoms with Crippen molar-refractivity contribution in [3.63, 3.8) is 0 Å². The van der Waals surface area contributed by atoms with Crippen LogP contribution in [-0.4, -0.2) is 18.3 Å². The highest BCUT2D eigenvalue weighted by Gasteiger charge is 1.68. The summed E-state index contributed by atoms with van der Waals surface area (Å²) in [6.45, 7) is 0.788. The Morgan fingerprint density at radius 2 is 2.00 bits per heavy atom. The van der Waals surface area contributed by atoms with Crippen LogP contribution in [0, 0.1) is 0 Å². The minimum Gasteiger partial charge on any atom is -0.396 e. The molecule has 0 radical (unpaired) electrons. The van der Waals surface area contributed by atoms with Crippen LogP contribution in [0.25, 0.3) is 0 Å². The number of nitrogens with two attached hydrogens (primary N) is 1. The van der Waals surface area contributed by atoms with Crippen molar-refractivity contribution in [3.8, 4) is 0 Å². The molecule has 0 heterocycles. The molecule has 0 saturated heterocycles. The molecule has 3 N–H and O–H groups in total. The third-order valence-electron chi connectivity index (χ3n) is 0.599. The first-order valence-electron chi connectivity index (χ1n) is 2.37. The van der Waals surface area contributed by atoms with Gasteiger partial charge < -0.3 is 10.8 Å². The van der Waals surface area contributed by atoms with Crippen molar-refractivity contribution >= 4 is 12.4 Å². The monoisotopic (exact) mass is 137 g/mol. The zero-order valence-electron chi connectivity index (χ0n) is 4.71. The molecule has 0 amide bonds. The Morgan fingerprint density at radius 3 is 2.38 bits per heavy atom. The maximum Gasteiger partial charge on any atom is 0.0465 e. The first kappa shape index (κ1) is 10.8. The molecule has 0 spiro atoms. The third kappa shape index (κ3) is 9.34. The van der Waals surface area contributed by atoms with Crippen LogP contribution in [0.3, 0.4) is 0 Å². The van der Waals surface area contributed by atoms with E-state index in [1.807, 2.05) is 12.2 Å². The minimum absolute atomic E-state index is 0. The van der Waals surface area contributed by atoms with Crippen molar-refractivity contribution in [1.82, 2.24) is 0 Å². The van der Waals surface area contributed by atoms with Gasteiger partial charge in [-0.15, -0.1) is 12.4 Å². The fourth-order valence-electron chi connectivity index (χ4n) is 0.289. The second kappa shape index (κ2) is 10.0. The number of hydrogen-bond acceptors (Lipinski definition) is 2. The molecule has 2 nitrogen and oxygen atoms in total. The second-order valence-corrected chi connectivity index (χ2v) is 1.22. The smallest absolute Gasteiger partial charge is 0.0465 e. The van der Waals surface area contributed by atoms with Gasteiger partial charge in [-0.05, 0) is 6.42 Å². The van der Waals surface area contributed by atoms with Crippen molar-refractivity contribution in [2.45, 2.75) is 6.42 Å². The summed E-state index contributed by atoms with van der Waals surface area (Å²) in [7, 11) is 0. The minimum atomic E-state index is 0. The number of halogens is 1. The van der Waals surface area contributed by atoms with E-state index in [9.17, 15) is 0 Å². The van der Waals surface area contributed by atoms with Crippen LogP contribution in [0.4, 0.5) is 0 Å². The highest BCUT2D eigenvalue weighted by Crippen LogP contribution is 1.75. The number of hydrogen-bond donors (Lipinski definition) is 2. The fourth-order valence-corrected chi connectivity index (χ4v) is 0.289. The SMILES string of the molecule is Cl.NC/C=C/CCO. The third-order valence-corrected chi connectivity index (χ3v) is 0.599. The summed E-state index contributed by atoms with van der Waals surface area (Å²) in [4.78, 5) is 0. The van der Waals surface area contributed by atoms with Crippen LogP contribution in [-0.2, 0) is 0 Å². The van der Waals surface area contributed by atoms with Crippen LogP contribution < -0.4 is 5.73 Å². The maximum absolute atomic E-state index is 8.20. The van der Waals surface area contributed by atoms with Gasteiger partial charge in [0, 0.05) is 13.2 Å². The van der Waals surface area contributed by atoms with Crippen molar-refractivity contribution in [1.29, 1.82) is 0 Å². The van der Waals surface area contributed by atoms with Gasteiger partial charge in [-0.2, -0.15) is 0 Å². The molecule has 50 valence electrons. The van der Waals surface area contributed by atoms with Crippen LogP contribution in [0.5, 0.6) is 0 Å². The Morgan fingerprint density at radius 1 is 1.38 bits per heavy atom. The molecule has 0 bridgehead atoms. The lowest BCUT2D eigenvalue weighted by molar-refractivity contribution is 0.302. The topological polar surface area (TPSA) is 46.2 Å².